The van der Waals surface area contributed by atoms with Crippen molar-refractivity contribution in [3.8, 4) is 46.0 Å². The smallest absolute Gasteiger partial charge is 0.323 e. The number of carbonyl (C=O) groups excluding carboxylic acids is 4. The van der Waals surface area contributed by atoms with Crippen LogP contribution in [0.3, 0.4) is 0 Å². The van der Waals surface area contributed by atoms with E-state index in [1.54, 1.807) is 27.7 Å². The van der Waals surface area contributed by atoms with Crippen molar-refractivity contribution in [2.45, 2.75) is 260 Å². The van der Waals surface area contributed by atoms with Crippen LogP contribution < -0.4 is 60.8 Å². The van der Waals surface area contributed by atoms with E-state index in [4.69, 9.17) is 129 Å². The Morgan fingerprint density at radius 2 is 0.642 bits per heavy atom. The van der Waals surface area contributed by atoms with Gasteiger partial charge in [-0.15, -0.1) is 0 Å². The molecule has 0 radical (unpaired) electrons. The lowest BCUT2D eigenvalue weighted by Gasteiger charge is -2.47. The molecule has 12 rings (SSSR count). The van der Waals surface area contributed by atoms with Crippen LogP contribution in [0.15, 0.2) is 48.4 Å². The zero-order chi connectivity index (χ0) is 138. The summed E-state index contributed by atoms with van der Waals surface area (Å²) < 4.78 is 555. The number of hydrogen-bond acceptors (Lipinski definition) is 24. The standard InChI is InChI=1S/4C24H38N2O4/c4*1-14(2)9-17-13-26-8-7-16-10-21(28-5)22(29-6)11-18(16)19(26)12-20(17)30-24(27)23(25)15(3)4/h4*10-11,14-15,17,19-20,23H,7-9,12-13,25H2,1-6H3/t4*17?,19?,20?,23-/m0000/s1/i1D3,5D3,9D2,10D,11D,12D2,13D2,14D,17D;2*1D3,9D2,10D,11D,12D2,13D2,14D,17D;1D3,5D3,9D2,12D2,13D2,14D,17D,19D/t4*14?,17?,19?,20?,23-. The maximum absolute atomic E-state index is 13.2. The number of methoxy groups -OCH3 is 8. The maximum Gasteiger partial charge on any atom is 0.323 e. The number of carbonyl (C=O) groups is 4. The summed E-state index contributed by atoms with van der Waals surface area (Å²) in [6, 6.07) is -14.9. The molecule has 4 fully saturated rings. The lowest BCUT2D eigenvalue weighted by molar-refractivity contribution is -0.161. The van der Waals surface area contributed by atoms with E-state index in [0.717, 1.165) is 30.1 Å². The number of fused-ring (bicyclic) bond motifs is 12. The Hall–Kier alpha value is -7.16. The number of benzene rings is 4. The van der Waals surface area contributed by atoms with E-state index in [1.165, 1.54) is 62.2 Å². The molecule has 24 heteroatoms. The average Bonchev–Trinajstić information content (AvgIpc) is 0.653. The Bertz CT molecular complexity index is 6600. The number of hydrogen-bond donors (Lipinski definition) is 4. The van der Waals surface area contributed by atoms with Gasteiger partial charge in [-0.3, -0.25) is 38.8 Å². The van der Waals surface area contributed by atoms with Gasteiger partial charge < -0.3 is 79.8 Å². The van der Waals surface area contributed by atoms with Gasteiger partial charge in [0.05, 0.1) is 74.6 Å². The molecular weight excluding hydrogens is 1520 g/mol. The van der Waals surface area contributed by atoms with Crippen molar-refractivity contribution >= 4 is 23.9 Å². The Balaban J connectivity index is 0.000000258. The highest BCUT2D eigenvalue weighted by Crippen LogP contribution is 2.50. The highest BCUT2D eigenvalue weighted by atomic mass is 16.6. The summed E-state index contributed by atoms with van der Waals surface area (Å²) in [5.41, 5.74) is 22.8. The third kappa shape index (κ3) is 23.8. The first-order chi connectivity index (χ1) is 79.1. The molecular formula is C96H152N8O16. The van der Waals surface area contributed by atoms with Gasteiger partial charge in [-0.25, -0.2) is 0 Å². The van der Waals surface area contributed by atoms with Crippen molar-refractivity contribution in [1.29, 1.82) is 0 Å². The van der Waals surface area contributed by atoms with Crippen molar-refractivity contribution in [3.05, 3.63) is 92.9 Å². The van der Waals surface area contributed by atoms with Gasteiger partial charge in [-0.2, -0.15) is 0 Å². The fourth-order valence-corrected chi connectivity index (χ4v) is 13.2. The predicted octanol–water partition coefficient (Wildman–Crippen LogP) is 14.3. The van der Waals surface area contributed by atoms with Crippen molar-refractivity contribution in [1.82, 2.24) is 19.6 Å². The summed E-state index contributed by atoms with van der Waals surface area (Å²) in [7, 11) is 1.07. The highest BCUT2D eigenvalue weighted by molar-refractivity contribution is 5.77. The molecule has 4 saturated heterocycles. The molecule has 672 valence electrons. The summed E-state index contributed by atoms with van der Waals surface area (Å²) in [5, 5.41) is 0. The van der Waals surface area contributed by atoms with Crippen LogP contribution in [0.2, 0.25) is 0 Å². The normalized spacial score (nSPS) is 41.4. The summed E-state index contributed by atoms with van der Waals surface area (Å²) >= 11 is 0. The Labute approximate surface area is 798 Å². The second-order valence-electron chi connectivity index (χ2n) is 30.2. The number of esters is 4. The largest absolute Gasteiger partial charge is 0.493 e. The zero-order valence-electron chi connectivity index (χ0n) is 128. The molecule has 20 atom stereocenters. The lowest BCUT2D eigenvalue weighted by Crippen LogP contribution is -2.51. The molecule has 0 saturated carbocycles. The molecule has 120 heavy (non-hydrogen) atoms. The molecule has 0 amide bonds. The minimum absolute atomic E-state index is 0.112. The SMILES string of the molecule is [2H]C([2H])([2H])Oc1cc2c(cc1OC)C1([2H])N(CC2)C([2H])([2H])C([2H])(C([2H])([2H])C([2H])(C)C([2H])([2H])[2H])C(OC(=O)[C@@H](N)C(C)C)C1([2H])[2H].[2H]c1c2c(c([2H])c(OC)c1OC([2H])([2H])[2H])C1N(CC2)C([2H])([2H])C([2H])(C([2H])([2H])C([2H])(C)C([2H])([2H])[2H])C(OC(=O)[C@@H](N)C(C)C)C1([2H])[2H].[2H]c1c2c(c([2H])c(OC)c1OC)C1N(CC2)C([2H])([2H])C([2H])(C([2H])([2H])C([2H])(C)C([2H])([2H])[2H])C(OC(=O)[C@@H](N)C(C)C)C1([2H])[2H].[2H]c1c2c(c([2H])c(OC)c1OC)C1N(CC2)C([2H])([2H])C([2H])(C([2H])([2H])C([2H])(C)C([2H])([2H])[2H])C(OC(=O)[C@@H](N)C(C)C)C1([2H])[2H]. The van der Waals surface area contributed by atoms with Gasteiger partial charge in [0.15, 0.2) is 46.0 Å². The van der Waals surface area contributed by atoms with Crippen LogP contribution in [-0.4, -0.2) is 201 Å². The summed E-state index contributed by atoms with van der Waals surface area (Å²) in [4.78, 5) is 55.7. The predicted molar refractivity (Wildman–Crippen MR) is 471 cm³/mol. The van der Waals surface area contributed by atoms with E-state index < -0.39 is 353 Å². The first kappa shape index (κ1) is 44.6. The van der Waals surface area contributed by atoms with Gasteiger partial charge >= 0.3 is 23.9 Å². The summed E-state index contributed by atoms with van der Waals surface area (Å²) in [5.74, 6) is -37.7. The molecule has 0 spiro atoms. The second kappa shape index (κ2) is 43.9. The van der Waals surface area contributed by atoms with Crippen LogP contribution in [-0.2, 0) is 63.8 Å². The maximum atomic E-state index is 13.2. The Morgan fingerprint density at radius 1 is 0.383 bits per heavy atom. The summed E-state index contributed by atoms with van der Waals surface area (Å²) in [6.45, 7) is -14.6. The molecule has 0 aromatic heterocycles. The lowest BCUT2D eigenvalue weighted by atomic mass is 9.79. The Kier molecular flexibility index (Phi) is 16.3. The number of nitrogens with zero attached hydrogens (tertiary/aromatic N) is 4. The first-order valence-corrected chi connectivity index (χ1v) is 38.8. The fourth-order valence-electron chi connectivity index (χ4n) is 13.2. The van der Waals surface area contributed by atoms with E-state index in [0.29, 0.717) is 37.5 Å². The molecule has 24 nitrogen and oxygen atoms in total. The van der Waals surface area contributed by atoms with Crippen LogP contribution in [0.25, 0.3) is 0 Å². The molecule has 4 aromatic rings. The number of rotatable bonds is 28. The molecule has 8 aliphatic rings. The number of ether oxygens (including phenoxy) is 12. The third-order valence-corrected chi connectivity index (χ3v) is 19.9. The molecule has 8 heterocycles. The average molecular weight is 1730 g/mol. The molecule has 16 unspecified atom stereocenters. The quantitative estimate of drug-likeness (QED) is 0.0303. The van der Waals surface area contributed by atoms with Gasteiger partial charge in [0, 0.05) is 186 Å². The third-order valence-electron chi connectivity index (χ3n) is 19.9. The van der Waals surface area contributed by atoms with E-state index in [2.05, 4.69) is 0 Å². The van der Waals surface area contributed by atoms with Crippen molar-refractivity contribution in [2.75, 3.05) is 109 Å². The minimum Gasteiger partial charge on any atom is -0.493 e. The summed E-state index contributed by atoms with van der Waals surface area (Å²) in [6.07, 6.45) is -39.8. The topological polar surface area (TPSA) is 296 Å². The van der Waals surface area contributed by atoms with Gasteiger partial charge in [-0.05, 0) is 191 Å². The van der Waals surface area contributed by atoms with Crippen molar-refractivity contribution in [3.63, 3.8) is 0 Å². The molecule has 8 N–H and O–H groups in total. The van der Waals surface area contributed by atoms with Gasteiger partial charge in [0.2, 0.25) is 0 Å². The van der Waals surface area contributed by atoms with Gasteiger partial charge in [0.1, 0.15) is 48.6 Å². The molecule has 0 aliphatic carbocycles. The second-order valence-corrected chi connectivity index (χ2v) is 30.2. The highest BCUT2D eigenvalue weighted by Gasteiger charge is 2.47. The van der Waals surface area contributed by atoms with Gasteiger partial charge in [0.25, 0.3) is 0 Å². The van der Waals surface area contributed by atoms with Crippen LogP contribution in [0, 0.1) is 70.8 Å². The minimum atomic E-state index is -3.79. The van der Waals surface area contributed by atoms with Crippen LogP contribution >= 0.6 is 0 Å². The van der Waals surface area contributed by atoms with E-state index in [-0.39, 0.29) is 111 Å². The van der Waals surface area contributed by atoms with E-state index in [1.807, 2.05) is 0 Å². The van der Waals surface area contributed by atoms with Crippen LogP contribution in [0.1, 0.15) is 308 Å². The molecule has 8 aliphatic heterocycles. The van der Waals surface area contributed by atoms with Gasteiger partial charge in [-0.1, -0.05) is 110 Å². The van der Waals surface area contributed by atoms with E-state index >= 15 is 0 Å². The molecule has 4 aromatic carbocycles. The monoisotopic (exact) mass is 1730 g/mol. The fraction of sp³-hybridized carbons (Fsp3) is 0.708. The number of piperidine rings is 4. The van der Waals surface area contributed by atoms with Crippen LogP contribution in [0.4, 0.5) is 0 Å². The molecule has 0 bridgehead atoms. The van der Waals surface area contributed by atoms with Crippen LogP contribution in [0.5, 0.6) is 46.0 Å². The first-order valence-electron chi connectivity index (χ1n) is 67.3. The zero-order valence-corrected chi connectivity index (χ0v) is 70.6. The van der Waals surface area contributed by atoms with Crippen molar-refractivity contribution in [2.24, 2.45) is 93.8 Å². The van der Waals surface area contributed by atoms with Crippen molar-refractivity contribution < 1.29 is 154 Å². The van der Waals surface area contributed by atoms with E-state index in [9.17, 15) is 48.0 Å². The Morgan fingerprint density at radius 3 is 0.933 bits per heavy atom. The number of nitrogens with two attached hydrogens (primary N) is 4.